The molecule has 1 heterocycles. The third-order valence-electron chi connectivity index (χ3n) is 4.47. The van der Waals surface area contributed by atoms with Crippen molar-refractivity contribution >= 4 is 27.3 Å². The quantitative estimate of drug-likeness (QED) is 0.581. The summed E-state index contributed by atoms with van der Waals surface area (Å²) in [4.78, 5) is 25.2. The molecule has 2 aromatic rings. The predicted octanol–water partition coefficient (Wildman–Crippen LogP) is 2.10. The molecule has 28 heavy (non-hydrogen) atoms. The predicted molar refractivity (Wildman–Crippen MR) is 102 cm³/mol. The molecule has 0 aromatic heterocycles. The first-order valence-corrected chi connectivity index (χ1v) is 10.1. The molecule has 148 valence electrons. The minimum atomic E-state index is -3.58. The summed E-state index contributed by atoms with van der Waals surface area (Å²) < 4.78 is 31.4. The van der Waals surface area contributed by atoms with Crippen LogP contribution in [-0.2, 0) is 16.4 Å². The molecule has 0 aliphatic carbocycles. The summed E-state index contributed by atoms with van der Waals surface area (Å²) in [5, 5.41) is 11.3. The largest absolute Gasteiger partial charge is 0.487 e. The number of ether oxygens (including phenoxy) is 1. The van der Waals surface area contributed by atoms with E-state index >= 15 is 0 Å². The molecular weight excluding hydrogens is 386 g/mol. The molecule has 0 fully saturated rings. The standard InChI is InChI=1S/C18H19N3O6S/c1-3-27-17-7-4-13(11-16(17)21(23)24)18(22)20-9-8-12-10-14(5-6-15(12)20)28(25,26)19-2/h4-7,10-11,19H,3,8-9H2,1-2H3. The fraction of sp³-hybridized carbons (Fsp3) is 0.278. The number of nitro groups is 1. The lowest BCUT2D eigenvalue weighted by Gasteiger charge is -2.18. The number of nitrogens with zero attached hydrogens (tertiary/aromatic N) is 2. The van der Waals surface area contributed by atoms with E-state index in [9.17, 15) is 23.3 Å². The van der Waals surface area contributed by atoms with E-state index in [1.54, 1.807) is 13.0 Å². The van der Waals surface area contributed by atoms with Crippen LogP contribution < -0.4 is 14.4 Å². The molecular formula is C18H19N3O6S. The van der Waals surface area contributed by atoms with Gasteiger partial charge in [-0.3, -0.25) is 14.9 Å². The summed E-state index contributed by atoms with van der Waals surface area (Å²) in [5.41, 5.74) is 1.21. The number of benzene rings is 2. The monoisotopic (exact) mass is 405 g/mol. The maximum Gasteiger partial charge on any atom is 0.311 e. The second-order valence-corrected chi connectivity index (χ2v) is 7.96. The van der Waals surface area contributed by atoms with Gasteiger partial charge < -0.3 is 9.64 Å². The van der Waals surface area contributed by atoms with Gasteiger partial charge in [-0.1, -0.05) is 0 Å². The fourth-order valence-electron chi connectivity index (χ4n) is 3.10. The highest BCUT2D eigenvalue weighted by atomic mass is 32.2. The lowest BCUT2D eigenvalue weighted by Crippen LogP contribution is -2.29. The third kappa shape index (κ3) is 3.56. The highest BCUT2D eigenvalue weighted by molar-refractivity contribution is 7.89. The van der Waals surface area contributed by atoms with E-state index in [1.807, 2.05) is 0 Å². The highest BCUT2D eigenvalue weighted by Crippen LogP contribution is 2.33. The molecule has 0 unspecified atom stereocenters. The van der Waals surface area contributed by atoms with Crippen LogP contribution >= 0.6 is 0 Å². The van der Waals surface area contributed by atoms with Gasteiger partial charge in [0.25, 0.3) is 5.91 Å². The number of rotatable bonds is 6. The molecule has 10 heteroatoms. The zero-order valence-corrected chi connectivity index (χ0v) is 16.2. The van der Waals surface area contributed by atoms with Crippen LogP contribution in [0.15, 0.2) is 41.3 Å². The average molecular weight is 405 g/mol. The topological polar surface area (TPSA) is 119 Å². The number of hydrogen-bond acceptors (Lipinski definition) is 6. The Kier molecular flexibility index (Phi) is 5.34. The molecule has 0 saturated heterocycles. The van der Waals surface area contributed by atoms with Crippen molar-refractivity contribution in [3.05, 3.63) is 57.6 Å². The maximum absolute atomic E-state index is 12.9. The van der Waals surface area contributed by atoms with Crippen molar-refractivity contribution in [2.24, 2.45) is 0 Å². The molecule has 1 aliphatic rings. The summed E-state index contributed by atoms with van der Waals surface area (Å²) in [5.74, 6) is -0.290. The number of fused-ring (bicyclic) bond motifs is 1. The van der Waals surface area contributed by atoms with Crippen molar-refractivity contribution in [3.63, 3.8) is 0 Å². The lowest BCUT2D eigenvalue weighted by molar-refractivity contribution is -0.385. The van der Waals surface area contributed by atoms with Gasteiger partial charge >= 0.3 is 5.69 Å². The molecule has 1 amide bonds. The molecule has 0 bridgehead atoms. The van der Waals surface area contributed by atoms with Gasteiger partial charge in [-0.05, 0) is 56.3 Å². The zero-order chi connectivity index (χ0) is 20.5. The van der Waals surface area contributed by atoms with Crippen LogP contribution in [0, 0.1) is 10.1 Å². The molecule has 2 aromatic carbocycles. The highest BCUT2D eigenvalue weighted by Gasteiger charge is 2.29. The first-order chi connectivity index (χ1) is 13.3. The maximum atomic E-state index is 12.9. The summed E-state index contributed by atoms with van der Waals surface area (Å²) in [6.45, 7) is 2.34. The van der Waals surface area contributed by atoms with Crippen LogP contribution in [0.25, 0.3) is 0 Å². The van der Waals surface area contributed by atoms with E-state index < -0.39 is 20.9 Å². The molecule has 0 atom stereocenters. The summed E-state index contributed by atoms with van der Waals surface area (Å²) in [7, 11) is -2.25. The number of nitro benzene ring substituents is 1. The van der Waals surface area contributed by atoms with Crippen LogP contribution in [0.4, 0.5) is 11.4 Å². The first kappa shape index (κ1) is 19.8. The van der Waals surface area contributed by atoms with Gasteiger partial charge in [0.15, 0.2) is 5.75 Å². The minimum Gasteiger partial charge on any atom is -0.487 e. The first-order valence-electron chi connectivity index (χ1n) is 8.58. The normalized spacial score (nSPS) is 13.3. The van der Waals surface area contributed by atoms with Gasteiger partial charge in [-0.15, -0.1) is 0 Å². The van der Waals surface area contributed by atoms with Crippen molar-refractivity contribution < 1.29 is 22.9 Å². The Morgan fingerprint density at radius 1 is 1.29 bits per heavy atom. The molecule has 0 spiro atoms. The Bertz CT molecular complexity index is 1050. The molecule has 1 N–H and O–H groups in total. The van der Waals surface area contributed by atoms with E-state index in [0.717, 1.165) is 5.56 Å². The van der Waals surface area contributed by atoms with Crippen molar-refractivity contribution in [1.82, 2.24) is 4.72 Å². The number of amides is 1. The van der Waals surface area contributed by atoms with E-state index in [0.29, 0.717) is 18.7 Å². The Hall–Kier alpha value is -2.98. The van der Waals surface area contributed by atoms with E-state index in [4.69, 9.17) is 4.74 Å². The number of nitrogens with one attached hydrogen (secondary N) is 1. The Morgan fingerprint density at radius 3 is 2.68 bits per heavy atom. The van der Waals surface area contributed by atoms with Crippen LogP contribution in [0.1, 0.15) is 22.8 Å². The number of sulfonamides is 1. The van der Waals surface area contributed by atoms with Gasteiger partial charge in [0.05, 0.1) is 16.4 Å². The Morgan fingerprint density at radius 2 is 2.04 bits per heavy atom. The summed E-state index contributed by atoms with van der Waals surface area (Å²) in [6.07, 6.45) is 0.493. The Balaban J connectivity index is 1.94. The molecule has 1 aliphatic heterocycles. The molecule has 9 nitrogen and oxygen atoms in total. The molecule has 0 radical (unpaired) electrons. The van der Waals surface area contributed by atoms with Crippen LogP contribution in [-0.4, -0.2) is 39.4 Å². The fourth-order valence-corrected chi connectivity index (χ4v) is 3.88. The van der Waals surface area contributed by atoms with E-state index in [-0.39, 0.29) is 28.5 Å². The average Bonchev–Trinajstić information content (AvgIpc) is 3.11. The third-order valence-corrected chi connectivity index (χ3v) is 5.89. The van der Waals surface area contributed by atoms with Gasteiger partial charge in [-0.25, -0.2) is 13.1 Å². The van der Waals surface area contributed by atoms with E-state index in [2.05, 4.69) is 4.72 Å². The van der Waals surface area contributed by atoms with Crippen molar-refractivity contribution in [2.75, 3.05) is 25.1 Å². The SMILES string of the molecule is CCOc1ccc(C(=O)N2CCc3cc(S(=O)(=O)NC)ccc32)cc1[N+](=O)[O-]. The number of hydrogen-bond donors (Lipinski definition) is 1. The second kappa shape index (κ2) is 7.56. The van der Waals surface area contributed by atoms with Crippen LogP contribution in [0.5, 0.6) is 5.75 Å². The van der Waals surface area contributed by atoms with Gasteiger partial charge in [0.1, 0.15) is 0 Å². The Labute approximate surface area is 162 Å². The van der Waals surface area contributed by atoms with Gasteiger partial charge in [-0.2, -0.15) is 0 Å². The molecule has 3 rings (SSSR count). The van der Waals surface area contributed by atoms with Crippen molar-refractivity contribution in [3.8, 4) is 5.75 Å². The lowest BCUT2D eigenvalue weighted by atomic mass is 10.1. The van der Waals surface area contributed by atoms with Crippen molar-refractivity contribution in [1.29, 1.82) is 0 Å². The summed E-state index contributed by atoms with van der Waals surface area (Å²) in [6, 6.07) is 8.64. The number of anilines is 1. The number of carbonyl (C=O) groups excluding carboxylic acids is 1. The van der Waals surface area contributed by atoms with Gasteiger partial charge in [0, 0.05) is 23.9 Å². The zero-order valence-electron chi connectivity index (χ0n) is 15.3. The van der Waals surface area contributed by atoms with E-state index in [1.165, 1.54) is 42.3 Å². The second-order valence-electron chi connectivity index (χ2n) is 6.08. The van der Waals surface area contributed by atoms with Crippen molar-refractivity contribution in [2.45, 2.75) is 18.2 Å². The minimum absolute atomic E-state index is 0.104. The smallest absolute Gasteiger partial charge is 0.311 e. The van der Waals surface area contributed by atoms with Crippen LogP contribution in [0.2, 0.25) is 0 Å². The molecule has 0 saturated carbocycles. The van der Waals surface area contributed by atoms with Gasteiger partial charge in [0.2, 0.25) is 10.0 Å². The number of carbonyl (C=O) groups is 1. The van der Waals surface area contributed by atoms with Crippen LogP contribution in [0.3, 0.4) is 0 Å². The summed E-state index contributed by atoms with van der Waals surface area (Å²) >= 11 is 0.